The minimum atomic E-state index is -3.03. The monoisotopic (exact) mass is 389 g/mol. The first kappa shape index (κ1) is 17.4. The number of rotatable bonds is 6. The molecule has 1 unspecified atom stereocenters. The van der Waals surface area contributed by atoms with E-state index in [0.29, 0.717) is 31.6 Å². The van der Waals surface area contributed by atoms with Gasteiger partial charge in [-0.05, 0) is 37.1 Å². The van der Waals surface area contributed by atoms with Crippen molar-refractivity contribution in [3.05, 3.63) is 34.3 Å². The van der Waals surface area contributed by atoms with E-state index in [9.17, 15) is 13.2 Å². The highest BCUT2D eigenvalue weighted by Gasteiger charge is 2.34. The summed E-state index contributed by atoms with van der Waals surface area (Å²) in [6.07, 6.45) is 1.20. The highest BCUT2D eigenvalue weighted by atomic mass is 79.9. The van der Waals surface area contributed by atoms with Crippen molar-refractivity contribution in [2.24, 2.45) is 0 Å². The van der Waals surface area contributed by atoms with Gasteiger partial charge in [0.2, 0.25) is 0 Å². The molecule has 0 aromatic heterocycles. The van der Waals surface area contributed by atoms with Gasteiger partial charge in [0.1, 0.15) is 0 Å². The molecule has 1 saturated heterocycles. The maximum Gasteiger partial charge on any atom is 0.254 e. The summed E-state index contributed by atoms with van der Waals surface area (Å²) >= 11 is 3.34. The maximum atomic E-state index is 12.7. The molecule has 2 rings (SSSR count). The van der Waals surface area contributed by atoms with Crippen LogP contribution in [0.2, 0.25) is 0 Å². The lowest BCUT2D eigenvalue weighted by molar-refractivity contribution is 0.0674. The van der Waals surface area contributed by atoms with E-state index in [0.717, 1.165) is 4.47 Å². The highest BCUT2D eigenvalue weighted by molar-refractivity contribution is 9.10. The van der Waals surface area contributed by atoms with Gasteiger partial charge in [0.05, 0.1) is 11.5 Å². The average molecular weight is 390 g/mol. The molecule has 0 spiro atoms. The number of ether oxygens (including phenoxy) is 1. The number of nitrogens with zero attached hydrogens (tertiary/aromatic N) is 1. The summed E-state index contributed by atoms with van der Waals surface area (Å²) in [4.78, 5) is 14.4. The lowest BCUT2D eigenvalue weighted by atomic mass is 10.1. The van der Waals surface area contributed by atoms with Crippen LogP contribution in [-0.4, -0.2) is 57.0 Å². The molecule has 1 atom stereocenters. The summed E-state index contributed by atoms with van der Waals surface area (Å²) in [6.45, 7) is 1.05. The molecule has 0 radical (unpaired) electrons. The van der Waals surface area contributed by atoms with E-state index in [4.69, 9.17) is 4.74 Å². The fourth-order valence-electron chi connectivity index (χ4n) is 2.61. The maximum absolute atomic E-state index is 12.7. The molecule has 0 aliphatic carbocycles. The second kappa shape index (κ2) is 7.57. The molecule has 0 saturated carbocycles. The molecule has 1 amide bonds. The lowest BCUT2D eigenvalue weighted by Gasteiger charge is -2.28. The molecule has 1 aromatic carbocycles. The molecule has 1 aromatic rings. The van der Waals surface area contributed by atoms with Crippen LogP contribution in [0.3, 0.4) is 0 Å². The molecule has 22 heavy (non-hydrogen) atoms. The van der Waals surface area contributed by atoms with Crippen molar-refractivity contribution >= 4 is 31.7 Å². The Balaban J connectivity index is 2.16. The molecule has 1 fully saturated rings. The van der Waals surface area contributed by atoms with Crippen molar-refractivity contribution in [1.82, 2.24) is 4.90 Å². The number of sulfone groups is 1. The Morgan fingerprint density at radius 1 is 1.36 bits per heavy atom. The largest absolute Gasteiger partial charge is 0.385 e. The van der Waals surface area contributed by atoms with Crippen LogP contribution in [0.5, 0.6) is 0 Å². The van der Waals surface area contributed by atoms with Gasteiger partial charge in [0.25, 0.3) is 5.91 Å². The Morgan fingerprint density at radius 2 is 2.05 bits per heavy atom. The number of carbonyl (C=O) groups excluding carboxylic acids is 1. The van der Waals surface area contributed by atoms with Crippen LogP contribution in [0.25, 0.3) is 0 Å². The Labute approximate surface area is 139 Å². The second-order valence-electron chi connectivity index (χ2n) is 5.41. The first-order valence-electron chi connectivity index (χ1n) is 7.19. The van der Waals surface area contributed by atoms with Gasteiger partial charge in [-0.1, -0.05) is 15.9 Å². The topological polar surface area (TPSA) is 63.7 Å². The molecule has 122 valence electrons. The van der Waals surface area contributed by atoms with Crippen LogP contribution in [0, 0.1) is 0 Å². The fraction of sp³-hybridized carbons (Fsp3) is 0.533. The van der Waals surface area contributed by atoms with E-state index >= 15 is 0 Å². The van der Waals surface area contributed by atoms with Crippen LogP contribution in [0.4, 0.5) is 0 Å². The number of amides is 1. The second-order valence-corrected chi connectivity index (χ2v) is 8.55. The quantitative estimate of drug-likeness (QED) is 0.698. The smallest absolute Gasteiger partial charge is 0.254 e. The van der Waals surface area contributed by atoms with E-state index in [1.54, 1.807) is 24.1 Å². The highest BCUT2D eigenvalue weighted by Crippen LogP contribution is 2.21. The van der Waals surface area contributed by atoms with Crippen molar-refractivity contribution in [2.75, 3.05) is 31.8 Å². The fourth-order valence-corrected chi connectivity index (χ4v) is 4.60. The van der Waals surface area contributed by atoms with E-state index in [-0.39, 0.29) is 23.5 Å². The van der Waals surface area contributed by atoms with E-state index in [1.807, 2.05) is 12.1 Å². The lowest BCUT2D eigenvalue weighted by Crippen LogP contribution is -2.42. The predicted molar refractivity (Wildman–Crippen MR) is 88.7 cm³/mol. The molecule has 5 nitrogen and oxygen atoms in total. The Hall–Kier alpha value is -0.920. The SMILES string of the molecule is COCCCN(C(=O)c1ccc(Br)cc1)C1CCS(=O)(=O)C1. The molecule has 1 aliphatic rings. The molecule has 7 heteroatoms. The number of halogens is 1. The van der Waals surface area contributed by atoms with Crippen molar-refractivity contribution in [3.8, 4) is 0 Å². The van der Waals surface area contributed by atoms with Gasteiger partial charge in [-0.15, -0.1) is 0 Å². The third-order valence-corrected chi connectivity index (χ3v) is 6.03. The van der Waals surface area contributed by atoms with Gasteiger partial charge in [0, 0.05) is 36.3 Å². The molecule has 1 aliphatic heterocycles. The zero-order chi connectivity index (χ0) is 16.2. The number of carbonyl (C=O) groups is 1. The molecular weight excluding hydrogens is 370 g/mol. The van der Waals surface area contributed by atoms with Gasteiger partial charge in [-0.25, -0.2) is 8.42 Å². The van der Waals surface area contributed by atoms with E-state index in [2.05, 4.69) is 15.9 Å². The van der Waals surface area contributed by atoms with Gasteiger partial charge in [0.15, 0.2) is 9.84 Å². The van der Waals surface area contributed by atoms with Gasteiger partial charge < -0.3 is 9.64 Å². The summed E-state index contributed by atoms with van der Waals surface area (Å²) in [6, 6.07) is 6.88. The van der Waals surface area contributed by atoms with Crippen molar-refractivity contribution in [1.29, 1.82) is 0 Å². The normalized spacial score (nSPS) is 20.0. The number of hydrogen-bond acceptors (Lipinski definition) is 4. The first-order chi connectivity index (χ1) is 10.4. The third kappa shape index (κ3) is 4.54. The summed E-state index contributed by atoms with van der Waals surface area (Å²) in [5.74, 6) is 0.0969. The Kier molecular flexibility index (Phi) is 6.00. The zero-order valence-electron chi connectivity index (χ0n) is 12.5. The van der Waals surface area contributed by atoms with Crippen LogP contribution in [0.15, 0.2) is 28.7 Å². The molecule has 0 bridgehead atoms. The number of methoxy groups -OCH3 is 1. The number of benzene rings is 1. The average Bonchev–Trinajstić information content (AvgIpc) is 2.84. The third-order valence-electron chi connectivity index (χ3n) is 3.75. The molecule has 1 heterocycles. The van der Waals surface area contributed by atoms with Crippen LogP contribution in [-0.2, 0) is 14.6 Å². The number of hydrogen-bond donors (Lipinski definition) is 0. The van der Waals surface area contributed by atoms with Crippen molar-refractivity contribution in [2.45, 2.75) is 18.9 Å². The van der Waals surface area contributed by atoms with Gasteiger partial charge in [-0.3, -0.25) is 4.79 Å². The van der Waals surface area contributed by atoms with Crippen molar-refractivity contribution < 1.29 is 17.9 Å². The van der Waals surface area contributed by atoms with Gasteiger partial charge in [-0.2, -0.15) is 0 Å². The zero-order valence-corrected chi connectivity index (χ0v) is 14.9. The van der Waals surface area contributed by atoms with E-state index in [1.165, 1.54) is 0 Å². The summed E-state index contributed by atoms with van der Waals surface area (Å²) in [5.41, 5.74) is 0.574. The minimum absolute atomic E-state index is 0.0578. The molecule has 0 N–H and O–H groups in total. The standard InChI is InChI=1S/C15H20BrNO4S/c1-21-9-2-8-17(14-7-10-22(19,20)11-14)15(18)12-3-5-13(16)6-4-12/h3-6,14H,2,7-11H2,1H3. The van der Waals surface area contributed by atoms with Crippen molar-refractivity contribution in [3.63, 3.8) is 0 Å². The van der Waals surface area contributed by atoms with Gasteiger partial charge >= 0.3 is 0 Å². The first-order valence-corrected chi connectivity index (χ1v) is 9.80. The Bertz CT molecular complexity index is 615. The summed E-state index contributed by atoms with van der Waals surface area (Å²) in [5, 5.41) is 0. The van der Waals surface area contributed by atoms with Crippen LogP contribution in [0.1, 0.15) is 23.2 Å². The van der Waals surface area contributed by atoms with E-state index < -0.39 is 9.84 Å². The summed E-state index contributed by atoms with van der Waals surface area (Å²) < 4.78 is 29.4. The van der Waals surface area contributed by atoms with Crippen LogP contribution < -0.4 is 0 Å². The minimum Gasteiger partial charge on any atom is -0.385 e. The summed E-state index contributed by atoms with van der Waals surface area (Å²) in [7, 11) is -1.41. The molecular formula is C15H20BrNO4S. The predicted octanol–water partition coefficient (Wildman–Crippen LogP) is 2.11. The van der Waals surface area contributed by atoms with Crippen LogP contribution >= 0.6 is 15.9 Å². The Morgan fingerprint density at radius 3 is 2.59 bits per heavy atom.